The summed E-state index contributed by atoms with van der Waals surface area (Å²) in [4.78, 5) is 32.5. The molecule has 2 heterocycles. The quantitative estimate of drug-likeness (QED) is 0.212. The Hall–Kier alpha value is -3.49. The molecule has 8 heteroatoms. The molecule has 0 aliphatic carbocycles. The van der Waals surface area contributed by atoms with Crippen molar-refractivity contribution in [2.24, 2.45) is 0 Å². The molecule has 1 aliphatic heterocycles. The third-order valence-corrected chi connectivity index (χ3v) is 6.98. The number of carbonyl (C=O) groups is 2. The first kappa shape index (κ1) is 21.4. The molecule has 1 fully saturated rings. The van der Waals surface area contributed by atoms with Crippen LogP contribution in [0.3, 0.4) is 0 Å². The van der Waals surface area contributed by atoms with Crippen molar-refractivity contribution in [1.29, 1.82) is 0 Å². The molecule has 33 heavy (non-hydrogen) atoms. The normalized spacial score (nSPS) is 17.6. The number of ketones is 1. The van der Waals surface area contributed by atoms with Gasteiger partial charge in [-0.15, -0.1) is 0 Å². The van der Waals surface area contributed by atoms with Gasteiger partial charge in [-0.05, 0) is 35.9 Å². The maximum Gasteiger partial charge on any atom is 0.301 e. The van der Waals surface area contributed by atoms with E-state index in [1.165, 1.54) is 16.2 Å². The molecule has 0 saturated carbocycles. The van der Waals surface area contributed by atoms with E-state index in [4.69, 9.17) is 4.74 Å². The molecule has 1 aromatic heterocycles. The summed E-state index contributed by atoms with van der Waals surface area (Å²) in [6.45, 7) is 0. The molecule has 164 valence electrons. The molecule has 1 saturated heterocycles. The molecule has 0 spiro atoms. The molecule has 3 aromatic carbocycles. The number of aromatic nitrogens is 1. The number of fused-ring (bicyclic) bond motifs is 1. The predicted molar refractivity (Wildman–Crippen MR) is 132 cm³/mol. The molecule has 0 radical (unpaired) electrons. The number of rotatable bonds is 4. The lowest BCUT2D eigenvalue weighted by Gasteiger charge is -2.23. The first-order valence-electron chi connectivity index (χ1n) is 10.0. The number of benzene rings is 3. The number of amides is 1. The fourth-order valence-electron chi connectivity index (χ4n) is 3.87. The number of hydrogen-bond donors (Lipinski definition) is 1. The molecule has 1 atom stereocenters. The van der Waals surface area contributed by atoms with E-state index < -0.39 is 17.7 Å². The number of aliphatic hydroxyl groups is 1. The Kier molecular flexibility index (Phi) is 5.47. The van der Waals surface area contributed by atoms with E-state index >= 15 is 0 Å². The number of carbonyl (C=O) groups excluding carboxylic acids is 2. The minimum atomic E-state index is -0.833. The Bertz CT molecular complexity index is 1410. The molecule has 6 nitrogen and oxygen atoms in total. The summed E-state index contributed by atoms with van der Waals surface area (Å²) in [5.41, 5.74) is 1.86. The van der Waals surface area contributed by atoms with Crippen molar-refractivity contribution in [3.05, 3.63) is 94.0 Å². The number of hydrogen-bond acceptors (Lipinski definition) is 6. The number of ether oxygens (including phenoxy) is 1. The van der Waals surface area contributed by atoms with Gasteiger partial charge in [0.1, 0.15) is 11.5 Å². The van der Waals surface area contributed by atoms with Gasteiger partial charge in [0.25, 0.3) is 5.78 Å². The fraction of sp³-hybridized carbons (Fsp3) is 0.0800. The summed E-state index contributed by atoms with van der Waals surface area (Å²) in [6.07, 6.45) is 0. The third kappa shape index (κ3) is 3.71. The van der Waals surface area contributed by atoms with E-state index in [1.807, 2.05) is 24.3 Å². The van der Waals surface area contributed by atoms with Gasteiger partial charge >= 0.3 is 5.91 Å². The van der Waals surface area contributed by atoms with Crippen molar-refractivity contribution < 1.29 is 19.4 Å². The van der Waals surface area contributed by atoms with Gasteiger partial charge in [-0.25, -0.2) is 4.98 Å². The zero-order chi connectivity index (χ0) is 23.1. The van der Waals surface area contributed by atoms with Crippen LogP contribution in [0.25, 0.3) is 16.0 Å². The number of Topliss-reactive ketones (excluding diaryl/α,β-unsaturated/α-hetero) is 1. The Morgan fingerprint density at radius 2 is 1.79 bits per heavy atom. The van der Waals surface area contributed by atoms with E-state index in [1.54, 1.807) is 55.6 Å². The number of aliphatic hydroxyl groups excluding tert-OH is 1. The van der Waals surface area contributed by atoms with Crippen LogP contribution in [0, 0.1) is 0 Å². The van der Waals surface area contributed by atoms with Gasteiger partial charge in [0, 0.05) is 10.0 Å². The van der Waals surface area contributed by atoms with Gasteiger partial charge in [-0.1, -0.05) is 69.7 Å². The highest BCUT2D eigenvalue weighted by Crippen LogP contribution is 2.44. The average molecular weight is 521 g/mol. The predicted octanol–water partition coefficient (Wildman–Crippen LogP) is 5.69. The van der Waals surface area contributed by atoms with Crippen LogP contribution in [0.15, 0.2) is 82.8 Å². The lowest BCUT2D eigenvalue weighted by Crippen LogP contribution is -2.29. The zero-order valence-electron chi connectivity index (χ0n) is 17.4. The van der Waals surface area contributed by atoms with Gasteiger partial charge in [0.2, 0.25) is 0 Å². The topological polar surface area (TPSA) is 79.7 Å². The van der Waals surface area contributed by atoms with Crippen LogP contribution in [0.1, 0.15) is 17.2 Å². The lowest BCUT2D eigenvalue weighted by atomic mass is 9.95. The van der Waals surface area contributed by atoms with Gasteiger partial charge in [-0.3, -0.25) is 14.5 Å². The highest BCUT2D eigenvalue weighted by molar-refractivity contribution is 9.10. The molecule has 1 amide bonds. The summed E-state index contributed by atoms with van der Waals surface area (Å²) in [5.74, 6) is -1.06. The van der Waals surface area contributed by atoms with E-state index in [-0.39, 0.29) is 11.3 Å². The second-order valence-electron chi connectivity index (χ2n) is 7.42. The van der Waals surface area contributed by atoms with Crippen molar-refractivity contribution >= 4 is 60.1 Å². The minimum absolute atomic E-state index is 0.0248. The monoisotopic (exact) mass is 520 g/mol. The second kappa shape index (κ2) is 8.46. The van der Waals surface area contributed by atoms with Crippen LogP contribution >= 0.6 is 27.3 Å². The Morgan fingerprint density at radius 1 is 1.06 bits per heavy atom. The van der Waals surface area contributed by atoms with Crippen LogP contribution in [0.4, 0.5) is 5.13 Å². The van der Waals surface area contributed by atoms with Crippen molar-refractivity contribution in [2.45, 2.75) is 6.04 Å². The van der Waals surface area contributed by atoms with Crippen LogP contribution in [-0.4, -0.2) is 28.9 Å². The molecule has 1 unspecified atom stereocenters. The summed E-state index contributed by atoms with van der Waals surface area (Å²) < 4.78 is 7.02. The largest absolute Gasteiger partial charge is 0.507 e. The van der Waals surface area contributed by atoms with Crippen molar-refractivity contribution in [2.75, 3.05) is 12.0 Å². The minimum Gasteiger partial charge on any atom is -0.507 e. The molecule has 0 bridgehead atoms. The summed E-state index contributed by atoms with van der Waals surface area (Å²) in [7, 11) is 1.57. The highest BCUT2D eigenvalue weighted by atomic mass is 79.9. The standard InChI is InChI=1S/C25H17BrN2O4S/c1-32-17-10-7-14(8-11-17)21-20(22(29)15-5-3-2-4-6-15)23(30)24(31)28(21)25-27-18-12-9-16(26)13-19(18)33-25/h2-13,21,29H,1H3/b22-20-. The van der Waals surface area contributed by atoms with Crippen molar-refractivity contribution in [3.8, 4) is 5.75 Å². The number of halogens is 1. The Balaban J connectivity index is 1.72. The first-order chi connectivity index (χ1) is 16.0. The molecular weight excluding hydrogens is 504 g/mol. The Labute approximate surface area is 201 Å². The van der Waals surface area contributed by atoms with Crippen LogP contribution < -0.4 is 9.64 Å². The Morgan fingerprint density at radius 3 is 2.48 bits per heavy atom. The van der Waals surface area contributed by atoms with Gasteiger partial charge in [0.05, 0.1) is 28.9 Å². The van der Waals surface area contributed by atoms with Gasteiger partial charge in [-0.2, -0.15) is 0 Å². The zero-order valence-corrected chi connectivity index (χ0v) is 19.8. The lowest BCUT2D eigenvalue weighted by molar-refractivity contribution is -0.132. The molecule has 4 aromatic rings. The third-order valence-electron chi connectivity index (χ3n) is 5.47. The van der Waals surface area contributed by atoms with E-state index in [0.717, 1.165) is 14.7 Å². The molecular formula is C25H17BrN2O4S. The molecule has 1 aliphatic rings. The van der Waals surface area contributed by atoms with Crippen LogP contribution in [-0.2, 0) is 9.59 Å². The fourth-order valence-corrected chi connectivity index (χ4v) is 5.42. The van der Waals surface area contributed by atoms with E-state index in [9.17, 15) is 14.7 Å². The van der Waals surface area contributed by atoms with Crippen molar-refractivity contribution in [3.63, 3.8) is 0 Å². The highest BCUT2D eigenvalue weighted by Gasteiger charge is 2.48. The van der Waals surface area contributed by atoms with E-state index in [0.29, 0.717) is 22.0 Å². The maximum absolute atomic E-state index is 13.3. The van der Waals surface area contributed by atoms with Crippen LogP contribution in [0.2, 0.25) is 0 Å². The molecule has 5 rings (SSSR count). The second-order valence-corrected chi connectivity index (χ2v) is 9.34. The summed E-state index contributed by atoms with van der Waals surface area (Å²) >= 11 is 4.77. The first-order valence-corrected chi connectivity index (χ1v) is 11.7. The van der Waals surface area contributed by atoms with Gasteiger partial charge < -0.3 is 9.84 Å². The average Bonchev–Trinajstić information content (AvgIpc) is 3.37. The van der Waals surface area contributed by atoms with Gasteiger partial charge in [0.15, 0.2) is 5.13 Å². The SMILES string of the molecule is COc1ccc(C2/C(=C(/O)c3ccccc3)C(=O)C(=O)N2c2nc3ccc(Br)cc3s2)cc1. The number of nitrogens with zero attached hydrogens (tertiary/aromatic N) is 2. The number of thiazole rings is 1. The van der Waals surface area contributed by atoms with Crippen LogP contribution in [0.5, 0.6) is 5.75 Å². The maximum atomic E-state index is 13.3. The van der Waals surface area contributed by atoms with Crippen molar-refractivity contribution in [1.82, 2.24) is 4.98 Å². The number of anilines is 1. The number of methoxy groups -OCH3 is 1. The summed E-state index contributed by atoms with van der Waals surface area (Å²) in [5, 5.41) is 11.5. The van der Waals surface area contributed by atoms with E-state index in [2.05, 4.69) is 20.9 Å². The molecule has 1 N–H and O–H groups in total. The smallest absolute Gasteiger partial charge is 0.301 e. The summed E-state index contributed by atoms with van der Waals surface area (Å²) in [6, 6.07) is 20.6.